The molecule has 1 saturated carbocycles. The van der Waals surface area contributed by atoms with Gasteiger partial charge in [0.15, 0.2) is 0 Å². The summed E-state index contributed by atoms with van der Waals surface area (Å²) >= 11 is 0. The van der Waals surface area contributed by atoms with Gasteiger partial charge in [0.05, 0.1) is 11.7 Å². The molecule has 1 aromatic heterocycles. The summed E-state index contributed by atoms with van der Waals surface area (Å²) in [6, 6.07) is 3.48. The van der Waals surface area contributed by atoms with Crippen LogP contribution >= 0.6 is 0 Å². The second-order valence-corrected chi connectivity index (χ2v) is 5.00. The van der Waals surface area contributed by atoms with Crippen molar-refractivity contribution in [3.8, 4) is 0 Å². The quantitative estimate of drug-likeness (QED) is 0.800. The topological polar surface area (TPSA) is 29.9 Å². The number of hydrogen-bond donors (Lipinski definition) is 1. The number of hydrogen-bond acceptors (Lipinski definition) is 2. The van der Waals surface area contributed by atoms with Crippen LogP contribution in [-0.4, -0.2) is 22.4 Å². The van der Waals surface area contributed by atoms with E-state index in [4.69, 9.17) is 0 Å². The Morgan fingerprint density at radius 1 is 1.50 bits per heavy atom. The third kappa shape index (κ3) is 2.85. The molecule has 0 radical (unpaired) electrons. The van der Waals surface area contributed by atoms with Crippen molar-refractivity contribution in [3.05, 3.63) is 17.5 Å². The Morgan fingerprint density at radius 2 is 2.25 bits per heavy atom. The zero-order chi connectivity index (χ0) is 11.5. The highest BCUT2D eigenvalue weighted by Crippen LogP contribution is 2.21. The van der Waals surface area contributed by atoms with Gasteiger partial charge in [-0.05, 0) is 39.2 Å². The van der Waals surface area contributed by atoms with Gasteiger partial charge in [0.25, 0.3) is 0 Å². The largest absolute Gasteiger partial charge is 0.312 e. The monoisotopic (exact) mass is 221 g/mol. The first-order chi connectivity index (χ1) is 7.70. The van der Waals surface area contributed by atoms with Crippen molar-refractivity contribution in [2.45, 2.75) is 58.5 Å². The fourth-order valence-corrected chi connectivity index (χ4v) is 2.25. The van der Waals surface area contributed by atoms with E-state index in [2.05, 4.69) is 41.9 Å². The Bertz CT molecular complexity index is 339. The van der Waals surface area contributed by atoms with Crippen molar-refractivity contribution in [1.82, 2.24) is 15.1 Å². The van der Waals surface area contributed by atoms with Gasteiger partial charge in [0, 0.05) is 18.3 Å². The summed E-state index contributed by atoms with van der Waals surface area (Å²) in [4.78, 5) is 0. The molecule has 16 heavy (non-hydrogen) atoms. The van der Waals surface area contributed by atoms with Gasteiger partial charge in [-0.1, -0.05) is 13.3 Å². The van der Waals surface area contributed by atoms with Crippen molar-refractivity contribution in [2.75, 3.05) is 6.54 Å². The molecular formula is C13H23N3. The normalized spacial score (nSPS) is 17.7. The number of rotatable bonds is 6. The van der Waals surface area contributed by atoms with E-state index < -0.39 is 0 Å². The van der Waals surface area contributed by atoms with Crippen LogP contribution in [0.4, 0.5) is 0 Å². The molecule has 90 valence electrons. The summed E-state index contributed by atoms with van der Waals surface area (Å²) in [6.07, 6.45) is 5.14. The molecule has 1 N–H and O–H groups in total. The summed E-state index contributed by atoms with van der Waals surface area (Å²) < 4.78 is 2.20. The van der Waals surface area contributed by atoms with Gasteiger partial charge in [0.1, 0.15) is 0 Å². The second-order valence-electron chi connectivity index (χ2n) is 5.00. The average Bonchev–Trinajstić information content (AvgIpc) is 2.99. The van der Waals surface area contributed by atoms with Crippen molar-refractivity contribution in [3.63, 3.8) is 0 Å². The molecule has 1 fully saturated rings. The third-order valence-corrected chi connectivity index (χ3v) is 3.23. The SMILES string of the molecule is CCCC(CNC1CC1)n1nc(C)cc1C. The van der Waals surface area contributed by atoms with E-state index in [-0.39, 0.29) is 0 Å². The standard InChI is InChI=1S/C13H23N3/c1-4-5-13(9-14-12-6-7-12)16-11(3)8-10(2)15-16/h8,12-14H,4-7,9H2,1-3H3. The lowest BCUT2D eigenvalue weighted by Gasteiger charge is -2.19. The van der Waals surface area contributed by atoms with E-state index >= 15 is 0 Å². The van der Waals surface area contributed by atoms with E-state index in [0.29, 0.717) is 6.04 Å². The predicted molar refractivity (Wildman–Crippen MR) is 66.7 cm³/mol. The molecule has 1 atom stereocenters. The van der Waals surface area contributed by atoms with Crippen LogP contribution in [0.3, 0.4) is 0 Å². The second kappa shape index (κ2) is 5.00. The predicted octanol–water partition coefficient (Wildman–Crippen LogP) is 2.59. The molecule has 0 aromatic carbocycles. The van der Waals surface area contributed by atoms with E-state index in [9.17, 15) is 0 Å². The van der Waals surface area contributed by atoms with Crippen LogP contribution in [0.2, 0.25) is 0 Å². The number of nitrogens with one attached hydrogen (secondary N) is 1. The van der Waals surface area contributed by atoms with Gasteiger partial charge in [-0.3, -0.25) is 4.68 Å². The molecule has 0 amide bonds. The maximum atomic E-state index is 4.60. The lowest BCUT2D eigenvalue weighted by Crippen LogP contribution is -2.28. The molecular weight excluding hydrogens is 198 g/mol. The fourth-order valence-electron chi connectivity index (χ4n) is 2.25. The maximum absolute atomic E-state index is 4.60. The van der Waals surface area contributed by atoms with Crippen LogP contribution in [0.15, 0.2) is 6.07 Å². The van der Waals surface area contributed by atoms with Gasteiger partial charge in [-0.15, -0.1) is 0 Å². The maximum Gasteiger partial charge on any atom is 0.0646 e. The Balaban J connectivity index is 2.01. The van der Waals surface area contributed by atoms with Crippen LogP contribution in [-0.2, 0) is 0 Å². The molecule has 1 heterocycles. The summed E-state index contributed by atoms with van der Waals surface area (Å²) in [5.41, 5.74) is 2.42. The first kappa shape index (κ1) is 11.6. The van der Waals surface area contributed by atoms with Crippen molar-refractivity contribution < 1.29 is 0 Å². The van der Waals surface area contributed by atoms with Gasteiger partial charge >= 0.3 is 0 Å². The first-order valence-electron chi connectivity index (χ1n) is 6.47. The molecule has 0 bridgehead atoms. The van der Waals surface area contributed by atoms with Crippen molar-refractivity contribution >= 4 is 0 Å². The van der Waals surface area contributed by atoms with Crippen molar-refractivity contribution in [1.29, 1.82) is 0 Å². The smallest absolute Gasteiger partial charge is 0.0646 e. The first-order valence-corrected chi connectivity index (χ1v) is 6.47. The van der Waals surface area contributed by atoms with Crippen LogP contribution in [0.1, 0.15) is 50.0 Å². The third-order valence-electron chi connectivity index (χ3n) is 3.23. The zero-order valence-electron chi connectivity index (χ0n) is 10.7. The number of aryl methyl sites for hydroxylation is 2. The van der Waals surface area contributed by atoms with Crippen molar-refractivity contribution in [2.24, 2.45) is 0 Å². The summed E-state index contributed by atoms with van der Waals surface area (Å²) in [5, 5.41) is 8.22. The highest BCUT2D eigenvalue weighted by molar-refractivity contribution is 5.07. The van der Waals surface area contributed by atoms with E-state index in [1.807, 2.05) is 0 Å². The van der Waals surface area contributed by atoms with Crippen LogP contribution < -0.4 is 5.32 Å². The number of aromatic nitrogens is 2. The Morgan fingerprint density at radius 3 is 2.75 bits per heavy atom. The number of nitrogens with zero attached hydrogens (tertiary/aromatic N) is 2. The molecule has 0 spiro atoms. The summed E-state index contributed by atoms with van der Waals surface area (Å²) in [7, 11) is 0. The van der Waals surface area contributed by atoms with E-state index in [1.165, 1.54) is 31.4 Å². The average molecular weight is 221 g/mol. The lowest BCUT2D eigenvalue weighted by atomic mass is 10.1. The molecule has 1 aliphatic rings. The molecule has 3 nitrogen and oxygen atoms in total. The lowest BCUT2D eigenvalue weighted by molar-refractivity contribution is 0.386. The molecule has 1 unspecified atom stereocenters. The highest BCUT2D eigenvalue weighted by atomic mass is 15.3. The van der Waals surface area contributed by atoms with E-state index in [1.54, 1.807) is 0 Å². The molecule has 0 saturated heterocycles. The van der Waals surface area contributed by atoms with E-state index in [0.717, 1.165) is 18.3 Å². The zero-order valence-corrected chi connectivity index (χ0v) is 10.7. The van der Waals surface area contributed by atoms with Crippen LogP contribution in [0.5, 0.6) is 0 Å². The van der Waals surface area contributed by atoms with Gasteiger partial charge in [-0.2, -0.15) is 5.10 Å². The molecule has 3 heteroatoms. The molecule has 0 aliphatic heterocycles. The highest BCUT2D eigenvalue weighted by Gasteiger charge is 2.22. The Kier molecular flexibility index (Phi) is 3.64. The van der Waals surface area contributed by atoms with Gasteiger partial charge in [0.2, 0.25) is 0 Å². The Hall–Kier alpha value is -0.830. The minimum atomic E-state index is 0.527. The summed E-state index contributed by atoms with van der Waals surface area (Å²) in [6.45, 7) is 7.54. The summed E-state index contributed by atoms with van der Waals surface area (Å²) in [5.74, 6) is 0. The minimum absolute atomic E-state index is 0.527. The fraction of sp³-hybridized carbons (Fsp3) is 0.769. The molecule has 1 aliphatic carbocycles. The van der Waals surface area contributed by atoms with Gasteiger partial charge in [-0.25, -0.2) is 0 Å². The Labute approximate surface area is 98.2 Å². The van der Waals surface area contributed by atoms with Crippen LogP contribution in [0.25, 0.3) is 0 Å². The molecule has 2 rings (SSSR count). The van der Waals surface area contributed by atoms with Gasteiger partial charge < -0.3 is 5.32 Å². The van der Waals surface area contributed by atoms with Crippen LogP contribution in [0, 0.1) is 13.8 Å². The molecule has 1 aromatic rings. The minimum Gasteiger partial charge on any atom is -0.312 e.